The van der Waals surface area contributed by atoms with Crippen LogP contribution in [0.25, 0.3) is 5.70 Å². The van der Waals surface area contributed by atoms with Crippen molar-refractivity contribution in [3.8, 4) is 17.2 Å². The van der Waals surface area contributed by atoms with Crippen LogP contribution >= 0.6 is 11.3 Å². The Morgan fingerprint density at radius 2 is 1.73 bits per heavy atom. The lowest BCUT2D eigenvalue weighted by Gasteiger charge is -2.22. The highest BCUT2D eigenvalue weighted by atomic mass is 32.1. The molecule has 7 heteroatoms. The van der Waals surface area contributed by atoms with Crippen molar-refractivity contribution < 1.29 is 14.2 Å². The van der Waals surface area contributed by atoms with E-state index in [9.17, 15) is 0 Å². The normalized spacial score (nSPS) is 12.9. The summed E-state index contributed by atoms with van der Waals surface area (Å²) in [4.78, 5) is 7.29. The predicted molar refractivity (Wildman–Crippen MR) is 148 cm³/mol. The molecule has 2 heterocycles. The van der Waals surface area contributed by atoms with E-state index >= 15 is 0 Å². The number of rotatable bonds is 11. The number of benzene rings is 3. The Kier molecular flexibility index (Phi) is 7.73. The van der Waals surface area contributed by atoms with Crippen LogP contribution in [0.1, 0.15) is 40.4 Å². The van der Waals surface area contributed by atoms with Gasteiger partial charge in [0.05, 0.1) is 25.0 Å². The van der Waals surface area contributed by atoms with Crippen molar-refractivity contribution in [1.82, 2.24) is 15.2 Å². The van der Waals surface area contributed by atoms with Gasteiger partial charge in [-0.25, -0.2) is 4.98 Å². The highest BCUT2D eigenvalue weighted by molar-refractivity contribution is 7.09. The Bertz CT molecular complexity index is 1340. The van der Waals surface area contributed by atoms with E-state index in [2.05, 4.69) is 77.6 Å². The lowest BCUT2D eigenvalue weighted by molar-refractivity contribution is 0.174. The highest BCUT2D eigenvalue weighted by Crippen LogP contribution is 2.33. The summed E-state index contributed by atoms with van der Waals surface area (Å²) in [6.07, 6.45) is 0. The third-order valence-electron chi connectivity index (χ3n) is 6.32. The molecule has 1 aromatic heterocycles. The molecule has 1 atom stereocenters. The lowest BCUT2D eigenvalue weighted by atomic mass is 10.1. The SMILES string of the molecule is C=C(NC(C)c1ccccc1)c1csc(CN(Cc2ccc(OC)cc2)Cc2ccc3c(c2)OCO3)n1. The Balaban J connectivity index is 1.29. The number of fused-ring (bicyclic) bond motifs is 1. The van der Waals surface area contributed by atoms with Gasteiger partial charge in [0.1, 0.15) is 10.8 Å². The zero-order chi connectivity index (χ0) is 25.6. The predicted octanol–water partition coefficient (Wildman–Crippen LogP) is 6.40. The van der Waals surface area contributed by atoms with Gasteiger partial charge in [0.2, 0.25) is 6.79 Å². The summed E-state index contributed by atoms with van der Waals surface area (Å²) in [6, 6.07) is 24.9. The minimum absolute atomic E-state index is 0.149. The molecular weight excluding hydrogens is 482 g/mol. The van der Waals surface area contributed by atoms with Crippen LogP contribution in [-0.4, -0.2) is 23.8 Å². The molecule has 37 heavy (non-hydrogen) atoms. The second kappa shape index (κ2) is 11.5. The molecule has 0 saturated carbocycles. The van der Waals surface area contributed by atoms with Crippen molar-refractivity contribution in [3.63, 3.8) is 0 Å². The summed E-state index contributed by atoms with van der Waals surface area (Å²) in [5, 5.41) is 6.61. The third-order valence-corrected chi connectivity index (χ3v) is 7.15. The molecule has 0 amide bonds. The zero-order valence-corrected chi connectivity index (χ0v) is 22.0. The summed E-state index contributed by atoms with van der Waals surface area (Å²) in [5.41, 5.74) is 5.30. The Labute approximate surface area is 222 Å². The molecule has 0 bridgehead atoms. The fraction of sp³-hybridized carbons (Fsp3) is 0.233. The highest BCUT2D eigenvalue weighted by Gasteiger charge is 2.17. The van der Waals surface area contributed by atoms with E-state index in [0.29, 0.717) is 6.54 Å². The molecule has 1 N–H and O–H groups in total. The van der Waals surface area contributed by atoms with Gasteiger partial charge in [-0.1, -0.05) is 55.1 Å². The van der Waals surface area contributed by atoms with Crippen LogP contribution in [0.3, 0.4) is 0 Å². The Hall–Kier alpha value is -3.81. The number of aromatic nitrogens is 1. The number of ether oxygens (including phenoxy) is 3. The lowest BCUT2D eigenvalue weighted by Crippen LogP contribution is -2.22. The average Bonchev–Trinajstić information content (AvgIpc) is 3.59. The third kappa shape index (κ3) is 6.31. The Morgan fingerprint density at radius 3 is 2.51 bits per heavy atom. The van der Waals surface area contributed by atoms with Crippen LogP contribution in [0.4, 0.5) is 0 Å². The van der Waals surface area contributed by atoms with Gasteiger partial charge in [-0.3, -0.25) is 4.90 Å². The van der Waals surface area contributed by atoms with Crippen molar-refractivity contribution in [3.05, 3.63) is 112 Å². The number of nitrogens with one attached hydrogen (secondary N) is 1. The molecule has 190 valence electrons. The monoisotopic (exact) mass is 513 g/mol. The van der Waals surface area contributed by atoms with E-state index in [0.717, 1.165) is 52.3 Å². The van der Waals surface area contributed by atoms with Gasteiger partial charge in [-0.2, -0.15) is 0 Å². The van der Waals surface area contributed by atoms with Crippen LogP contribution in [0.5, 0.6) is 17.2 Å². The number of methoxy groups -OCH3 is 1. The summed E-state index contributed by atoms with van der Waals surface area (Å²) < 4.78 is 16.4. The van der Waals surface area contributed by atoms with Crippen LogP contribution in [0, 0.1) is 0 Å². The van der Waals surface area contributed by atoms with E-state index < -0.39 is 0 Å². The molecule has 0 fully saturated rings. The van der Waals surface area contributed by atoms with Crippen LogP contribution in [0.2, 0.25) is 0 Å². The average molecular weight is 514 g/mol. The van der Waals surface area contributed by atoms with E-state index in [-0.39, 0.29) is 12.8 Å². The topological polar surface area (TPSA) is 55.9 Å². The van der Waals surface area contributed by atoms with Crippen molar-refractivity contribution in [2.45, 2.75) is 32.6 Å². The van der Waals surface area contributed by atoms with Gasteiger partial charge >= 0.3 is 0 Å². The van der Waals surface area contributed by atoms with Crippen molar-refractivity contribution in [1.29, 1.82) is 0 Å². The van der Waals surface area contributed by atoms with Crippen LogP contribution in [0.15, 0.2) is 84.8 Å². The minimum Gasteiger partial charge on any atom is -0.497 e. The second-order valence-corrected chi connectivity index (χ2v) is 10.0. The molecule has 5 rings (SSSR count). The Morgan fingerprint density at radius 1 is 1.00 bits per heavy atom. The van der Waals surface area contributed by atoms with E-state index in [4.69, 9.17) is 19.2 Å². The first-order chi connectivity index (χ1) is 18.1. The zero-order valence-electron chi connectivity index (χ0n) is 21.1. The maximum absolute atomic E-state index is 5.59. The molecule has 0 saturated heterocycles. The van der Waals surface area contributed by atoms with Crippen LogP contribution in [-0.2, 0) is 19.6 Å². The van der Waals surface area contributed by atoms with Gasteiger partial charge in [0.25, 0.3) is 0 Å². The first-order valence-corrected chi connectivity index (χ1v) is 13.1. The largest absolute Gasteiger partial charge is 0.497 e. The molecule has 1 unspecified atom stereocenters. The summed E-state index contributed by atoms with van der Waals surface area (Å²) in [6.45, 7) is 8.90. The fourth-order valence-corrected chi connectivity index (χ4v) is 5.18. The standard InChI is InChI=1S/C30H31N3O3S/c1-21(25-7-5-4-6-8-25)31-22(2)27-19-37-30(32-27)18-33(16-23-9-12-26(34-3)13-10-23)17-24-11-14-28-29(15-24)36-20-35-28/h4-15,19,21,31H,2,16-18,20H2,1,3H3. The van der Waals surface area contributed by atoms with Gasteiger partial charge in [-0.15, -0.1) is 11.3 Å². The minimum atomic E-state index is 0.149. The van der Waals surface area contributed by atoms with Gasteiger partial charge in [-0.05, 0) is 47.9 Å². The number of hydrogen-bond donors (Lipinski definition) is 1. The quantitative estimate of drug-likeness (QED) is 0.250. The van der Waals surface area contributed by atoms with E-state index in [1.165, 1.54) is 11.1 Å². The van der Waals surface area contributed by atoms with Crippen molar-refractivity contribution in [2.24, 2.45) is 0 Å². The van der Waals surface area contributed by atoms with Gasteiger partial charge < -0.3 is 19.5 Å². The number of hydrogen-bond acceptors (Lipinski definition) is 7. The smallest absolute Gasteiger partial charge is 0.231 e. The maximum Gasteiger partial charge on any atom is 0.231 e. The first-order valence-electron chi connectivity index (χ1n) is 12.3. The van der Waals surface area contributed by atoms with E-state index in [1.807, 2.05) is 24.3 Å². The first kappa shape index (κ1) is 24.9. The molecule has 3 aromatic carbocycles. The van der Waals surface area contributed by atoms with Gasteiger partial charge in [0.15, 0.2) is 11.5 Å². The van der Waals surface area contributed by atoms with E-state index in [1.54, 1.807) is 18.4 Å². The summed E-state index contributed by atoms with van der Waals surface area (Å²) in [7, 11) is 1.68. The maximum atomic E-state index is 5.59. The van der Waals surface area contributed by atoms with Crippen LogP contribution < -0.4 is 19.5 Å². The molecular formula is C30H31N3O3S. The molecule has 0 aliphatic carbocycles. The molecule has 1 aliphatic rings. The molecule has 0 radical (unpaired) electrons. The molecule has 1 aliphatic heterocycles. The number of nitrogens with zero attached hydrogens (tertiary/aromatic N) is 2. The molecule has 0 spiro atoms. The van der Waals surface area contributed by atoms with Crippen molar-refractivity contribution >= 4 is 17.0 Å². The van der Waals surface area contributed by atoms with Crippen molar-refractivity contribution in [2.75, 3.05) is 13.9 Å². The van der Waals surface area contributed by atoms with Gasteiger partial charge in [0, 0.05) is 24.5 Å². The number of thiazole rings is 1. The second-order valence-electron chi connectivity index (χ2n) is 9.06. The summed E-state index contributed by atoms with van der Waals surface area (Å²) in [5.74, 6) is 2.45. The molecule has 6 nitrogen and oxygen atoms in total. The fourth-order valence-electron chi connectivity index (χ4n) is 4.33. The summed E-state index contributed by atoms with van der Waals surface area (Å²) >= 11 is 1.66. The molecule has 4 aromatic rings.